The maximum absolute atomic E-state index is 13.0. The number of rotatable bonds is 7. The Morgan fingerprint density at radius 3 is 2.79 bits per heavy atom. The van der Waals surface area contributed by atoms with Crippen LogP contribution in [0.25, 0.3) is 11.3 Å². The molecule has 0 fully saturated rings. The number of halogens is 1. The fraction of sp³-hybridized carbons (Fsp3) is 0.353. The highest BCUT2D eigenvalue weighted by molar-refractivity contribution is 7.16. The van der Waals surface area contributed by atoms with E-state index in [9.17, 15) is 9.18 Å². The number of nitrogens with zero attached hydrogens (tertiary/aromatic N) is 2. The Hall–Kier alpha value is -2.30. The smallest absolute Gasteiger partial charge is 0.243 e. The van der Waals surface area contributed by atoms with Gasteiger partial charge in [-0.1, -0.05) is 6.42 Å². The van der Waals surface area contributed by atoms with E-state index >= 15 is 0 Å². The molecule has 0 aliphatic heterocycles. The average molecular weight is 346 g/mol. The molecule has 1 unspecified atom stereocenters. The van der Waals surface area contributed by atoms with Crippen molar-refractivity contribution in [2.24, 2.45) is 5.73 Å². The zero-order valence-electron chi connectivity index (χ0n) is 13.4. The Labute approximate surface area is 144 Å². The number of unbranched alkanes of at least 4 members (excludes halogenated alkanes) is 2. The van der Waals surface area contributed by atoms with Crippen molar-refractivity contribution in [3.63, 3.8) is 0 Å². The number of amides is 1. The first-order chi connectivity index (χ1) is 11.5. The average Bonchev–Trinajstić information content (AvgIpc) is 2.92. The number of hydrogen-bond acceptors (Lipinski definition) is 5. The standard InChI is InChI=1S/C17H19FN4OS/c1-11-15(12-6-8-13(18)9-7-12)21-17(24-11)22-16(23)14(20)5-3-2-4-10-19/h6-9,14H,2-5,20H2,1H3,(H,21,22,23). The molecular weight excluding hydrogens is 327 g/mol. The molecule has 0 spiro atoms. The predicted molar refractivity (Wildman–Crippen MR) is 92.9 cm³/mol. The molecule has 1 aromatic heterocycles. The summed E-state index contributed by atoms with van der Waals surface area (Å²) in [5.74, 6) is -0.589. The van der Waals surface area contributed by atoms with Gasteiger partial charge in [-0.05, 0) is 44.0 Å². The van der Waals surface area contributed by atoms with Crippen molar-refractivity contribution in [3.8, 4) is 17.3 Å². The predicted octanol–water partition coefficient (Wildman–Crippen LogP) is 3.61. The van der Waals surface area contributed by atoms with Crippen LogP contribution in [0.5, 0.6) is 0 Å². The summed E-state index contributed by atoms with van der Waals surface area (Å²) < 4.78 is 13.0. The molecule has 3 N–H and O–H groups in total. The highest BCUT2D eigenvalue weighted by Gasteiger charge is 2.16. The zero-order valence-corrected chi connectivity index (χ0v) is 14.2. The van der Waals surface area contributed by atoms with E-state index in [4.69, 9.17) is 11.0 Å². The molecule has 0 aliphatic carbocycles. The van der Waals surface area contributed by atoms with Crippen LogP contribution in [0, 0.1) is 24.1 Å². The summed E-state index contributed by atoms with van der Waals surface area (Å²) in [5, 5.41) is 11.7. The molecule has 2 aromatic rings. The van der Waals surface area contributed by atoms with Gasteiger partial charge in [0.25, 0.3) is 0 Å². The van der Waals surface area contributed by atoms with Crippen LogP contribution in [0.1, 0.15) is 30.6 Å². The minimum atomic E-state index is -0.623. The summed E-state index contributed by atoms with van der Waals surface area (Å²) in [6.45, 7) is 1.90. The van der Waals surface area contributed by atoms with Gasteiger partial charge in [0, 0.05) is 16.9 Å². The lowest BCUT2D eigenvalue weighted by Crippen LogP contribution is -2.35. The molecule has 1 heterocycles. The third-order valence-electron chi connectivity index (χ3n) is 3.53. The minimum Gasteiger partial charge on any atom is -0.320 e. The van der Waals surface area contributed by atoms with Crippen LogP contribution in [0.4, 0.5) is 9.52 Å². The molecule has 1 atom stereocenters. The van der Waals surface area contributed by atoms with E-state index in [0.717, 1.165) is 29.0 Å². The molecule has 0 bridgehead atoms. The second-order valence-corrected chi connectivity index (χ2v) is 6.63. The molecule has 1 amide bonds. The Balaban J connectivity index is 1.98. The van der Waals surface area contributed by atoms with Gasteiger partial charge in [-0.2, -0.15) is 5.26 Å². The maximum atomic E-state index is 13.0. The third-order valence-corrected chi connectivity index (χ3v) is 4.42. The van der Waals surface area contributed by atoms with Crippen molar-refractivity contribution in [3.05, 3.63) is 35.0 Å². The molecule has 5 nitrogen and oxygen atoms in total. The molecule has 0 radical (unpaired) electrons. The van der Waals surface area contributed by atoms with Gasteiger partial charge in [0.1, 0.15) is 5.82 Å². The highest BCUT2D eigenvalue weighted by Crippen LogP contribution is 2.30. The highest BCUT2D eigenvalue weighted by atomic mass is 32.1. The van der Waals surface area contributed by atoms with Crippen LogP contribution >= 0.6 is 11.3 Å². The lowest BCUT2D eigenvalue weighted by molar-refractivity contribution is -0.117. The van der Waals surface area contributed by atoms with Crippen LogP contribution in [0.3, 0.4) is 0 Å². The number of hydrogen-bond donors (Lipinski definition) is 2. The number of anilines is 1. The van der Waals surface area contributed by atoms with Gasteiger partial charge in [0.2, 0.25) is 5.91 Å². The minimum absolute atomic E-state index is 0.286. The largest absolute Gasteiger partial charge is 0.320 e. The van der Waals surface area contributed by atoms with Gasteiger partial charge in [-0.15, -0.1) is 11.3 Å². The van der Waals surface area contributed by atoms with Crippen molar-refractivity contribution in [1.29, 1.82) is 5.26 Å². The van der Waals surface area contributed by atoms with Gasteiger partial charge >= 0.3 is 0 Å². The fourth-order valence-electron chi connectivity index (χ4n) is 2.22. The van der Waals surface area contributed by atoms with Gasteiger partial charge in [0.05, 0.1) is 17.8 Å². The summed E-state index contributed by atoms with van der Waals surface area (Å²) in [5.41, 5.74) is 7.38. The quantitative estimate of drug-likeness (QED) is 0.749. The number of thiazole rings is 1. The molecule has 7 heteroatoms. The van der Waals surface area contributed by atoms with Crippen LogP contribution in [0.15, 0.2) is 24.3 Å². The van der Waals surface area contributed by atoms with E-state index in [1.54, 1.807) is 12.1 Å². The topological polar surface area (TPSA) is 91.8 Å². The number of aromatic nitrogens is 1. The number of carbonyl (C=O) groups is 1. The monoisotopic (exact) mass is 346 g/mol. The first-order valence-electron chi connectivity index (χ1n) is 7.68. The molecular formula is C17H19FN4OS. The number of aryl methyl sites for hydroxylation is 1. The van der Waals surface area contributed by atoms with E-state index in [0.29, 0.717) is 18.0 Å². The third kappa shape index (κ3) is 4.85. The number of nitriles is 1. The maximum Gasteiger partial charge on any atom is 0.243 e. The van der Waals surface area contributed by atoms with Gasteiger partial charge in [-0.3, -0.25) is 4.79 Å². The molecule has 126 valence electrons. The van der Waals surface area contributed by atoms with E-state index in [2.05, 4.69) is 16.4 Å². The zero-order chi connectivity index (χ0) is 17.5. The van der Waals surface area contributed by atoms with E-state index < -0.39 is 6.04 Å². The van der Waals surface area contributed by atoms with Crippen LogP contribution in [-0.2, 0) is 4.79 Å². The molecule has 0 saturated carbocycles. The van der Waals surface area contributed by atoms with Crippen molar-refractivity contribution in [2.75, 3.05) is 5.32 Å². The fourth-order valence-corrected chi connectivity index (χ4v) is 3.06. The summed E-state index contributed by atoms with van der Waals surface area (Å²) in [6, 6.07) is 7.51. The Morgan fingerprint density at radius 2 is 2.12 bits per heavy atom. The van der Waals surface area contributed by atoms with Gasteiger partial charge in [0.15, 0.2) is 5.13 Å². The number of carbonyl (C=O) groups excluding carboxylic acids is 1. The van der Waals surface area contributed by atoms with Crippen molar-refractivity contribution in [2.45, 2.75) is 38.6 Å². The Kier molecular flexibility index (Phi) is 6.41. The summed E-state index contributed by atoms with van der Waals surface area (Å²) >= 11 is 1.36. The van der Waals surface area contributed by atoms with Crippen molar-refractivity contribution < 1.29 is 9.18 Å². The van der Waals surface area contributed by atoms with Crippen LogP contribution in [-0.4, -0.2) is 16.9 Å². The first-order valence-corrected chi connectivity index (χ1v) is 8.49. The molecule has 24 heavy (non-hydrogen) atoms. The molecule has 2 rings (SSSR count). The van der Waals surface area contributed by atoms with Crippen LogP contribution < -0.4 is 11.1 Å². The normalized spacial score (nSPS) is 11.8. The Bertz CT molecular complexity index is 736. The second-order valence-electron chi connectivity index (χ2n) is 5.43. The van der Waals surface area contributed by atoms with E-state index in [-0.39, 0.29) is 11.7 Å². The first kappa shape index (κ1) is 18.0. The summed E-state index contributed by atoms with van der Waals surface area (Å²) in [6.07, 6.45) is 2.48. The number of nitrogens with one attached hydrogen (secondary N) is 1. The Morgan fingerprint density at radius 1 is 1.42 bits per heavy atom. The van der Waals surface area contributed by atoms with Crippen molar-refractivity contribution in [1.82, 2.24) is 4.98 Å². The van der Waals surface area contributed by atoms with Gasteiger partial charge in [-0.25, -0.2) is 9.37 Å². The molecule has 0 saturated heterocycles. The SMILES string of the molecule is Cc1sc(NC(=O)C(N)CCCCC#N)nc1-c1ccc(F)cc1. The summed E-state index contributed by atoms with van der Waals surface area (Å²) in [4.78, 5) is 17.4. The van der Waals surface area contributed by atoms with E-state index in [1.807, 2.05) is 6.92 Å². The lowest BCUT2D eigenvalue weighted by Gasteiger charge is -2.09. The summed E-state index contributed by atoms with van der Waals surface area (Å²) in [7, 11) is 0. The molecule has 1 aromatic carbocycles. The second kappa shape index (κ2) is 8.52. The van der Waals surface area contributed by atoms with Crippen LogP contribution in [0.2, 0.25) is 0 Å². The molecule has 0 aliphatic rings. The van der Waals surface area contributed by atoms with Crippen molar-refractivity contribution >= 4 is 22.4 Å². The van der Waals surface area contributed by atoms with E-state index in [1.165, 1.54) is 23.5 Å². The van der Waals surface area contributed by atoms with Gasteiger partial charge < -0.3 is 11.1 Å². The number of benzene rings is 1. The lowest BCUT2D eigenvalue weighted by atomic mass is 10.1. The number of nitrogens with two attached hydrogens (primary N) is 1.